The van der Waals surface area contributed by atoms with Gasteiger partial charge in [0.25, 0.3) is 0 Å². The average molecular weight is 246 g/mol. The van der Waals surface area contributed by atoms with Gasteiger partial charge >= 0.3 is 5.97 Å². The van der Waals surface area contributed by atoms with Gasteiger partial charge < -0.3 is 4.74 Å². The molecule has 0 unspecified atom stereocenters. The maximum Gasteiger partial charge on any atom is 0.316 e. The van der Waals surface area contributed by atoms with Crippen molar-refractivity contribution in [3.05, 3.63) is 29.3 Å². The molecule has 0 heterocycles. The van der Waals surface area contributed by atoms with Gasteiger partial charge in [-0.1, -0.05) is 19.1 Å². The van der Waals surface area contributed by atoms with Gasteiger partial charge in [0.1, 0.15) is 5.75 Å². The van der Waals surface area contributed by atoms with Crippen molar-refractivity contribution in [2.24, 2.45) is 5.41 Å². The van der Waals surface area contributed by atoms with Gasteiger partial charge in [-0.05, 0) is 32.8 Å². The number of ketones is 1. The third kappa shape index (κ3) is 2.17. The van der Waals surface area contributed by atoms with E-state index in [1.165, 1.54) is 0 Å². The minimum atomic E-state index is -0.495. The van der Waals surface area contributed by atoms with E-state index in [9.17, 15) is 9.59 Å². The number of ether oxygens (including phenoxy) is 1. The van der Waals surface area contributed by atoms with Crippen LogP contribution >= 0.6 is 0 Å². The molecule has 3 nitrogen and oxygen atoms in total. The Hall–Kier alpha value is -1.64. The van der Waals surface area contributed by atoms with Gasteiger partial charge in [0.05, 0.1) is 5.41 Å². The fourth-order valence-corrected chi connectivity index (χ4v) is 1.94. The molecule has 2 rings (SSSR count). The summed E-state index contributed by atoms with van der Waals surface area (Å²) in [6, 6.07) is 5.33. The summed E-state index contributed by atoms with van der Waals surface area (Å²) in [5, 5.41) is 0. The summed E-state index contributed by atoms with van der Waals surface area (Å²) >= 11 is 0. The van der Waals surface area contributed by atoms with Crippen LogP contribution in [0.5, 0.6) is 5.75 Å². The topological polar surface area (TPSA) is 43.4 Å². The Labute approximate surface area is 107 Å². The highest BCUT2D eigenvalue weighted by Gasteiger charge is 2.30. The third-order valence-electron chi connectivity index (χ3n) is 3.67. The third-order valence-corrected chi connectivity index (χ3v) is 3.67. The average Bonchev–Trinajstić information content (AvgIpc) is 2.72. The van der Waals surface area contributed by atoms with Gasteiger partial charge in [-0.25, -0.2) is 0 Å². The number of hydrogen-bond donors (Lipinski definition) is 0. The van der Waals surface area contributed by atoms with Crippen LogP contribution in [-0.2, 0) is 11.2 Å². The zero-order valence-electron chi connectivity index (χ0n) is 11.1. The molecule has 1 aliphatic rings. The van der Waals surface area contributed by atoms with Gasteiger partial charge in [0.2, 0.25) is 0 Å². The number of benzene rings is 1. The molecule has 0 N–H and O–H groups in total. The predicted molar refractivity (Wildman–Crippen MR) is 68.8 cm³/mol. The minimum absolute atomic E-state index is 0.137. The molecule has 18 heavy (non-hydrogen) atoms. The predicted octanol–water partition coefficient (Wildman–Crippen LogP) is 3.16. The van der Waals surface area contributed by atoms with E-state index in [2.05, 4.69) is 0 Å². The van der Waals surface area contributed by atoms with Gasteiger partial charge in [-0.2, -0.15) is 0 Å². The number of rotatable bonds is 3. The fourth-order valence-electron chi connectivity index (χ4n) is 1.94. The maximum atomic E-state index is 12.0. The zero-order valence-corrected chi connectivity index (χ0v) is 11.1. The number of carbonyl (C=O) groups excluding carboxylic acids is 2. The van der Waals surface area contributed by atoms with E-state index in [1.807, 2.05) is 20.8 Å². The van der Waals surface area contributed by atoms with Crippen LogP contribution in [0.25, 0.3) is 0 Å². The molecule has 0 saturated carbocycles. The van der Waals surface area contributed by atoms with Gasteiger partial charge in [0.15, 0.2) is 5.78 Å². The molecule has 0 amide bonds. The smallest absolute Gasteiger partial charge is 0.316 e. The highest BCUT2D eigenvalue weighted by Crippen LogP contribution is 2.32. The Kier molecular flexibility index (Phi) is 3.24. The molecular formula is C15H18O3. The number of esters is 1. The SMILES string of the molecule is CCC(C)(C)C(=O)Oc1cccc2c1CCC2=O. The highest BCUT2D eigenvalue weighted by atomic mass is 16.5. The molecule has 0 aliphatic heterocycles. The van der Waals surface area contributed by atoms with Crippen LogP contribution in [0.1, 0.15) is 49.5 Å². The van der Waals surface area contributed by atoms with Crippen molar-refractivity contribution < 1.29 is 14.3 Å². The lowest BCUT2D eigenvalue weighted by atomic mass is 9.90. The highest BCUT2D eigenvalue weighted by molar-refractivity contribution is 6.01. The standard InChI is InChI=1S/C15H18O3/c1-4-15(2,3)14(17)18-13-7-5-6-10-11(13)8-9-12(10)16/h5-7H,4,8-9H2,1-3H3. The van der Waals surface area contributed by atoms with Crippen LogP contribution in [0, 0.1) is 5.41 Å². The molecule has 0 aromatic heterocycles. The van der Waals surface area contributed by atoms with Crippen LogP contribution < -0.4 is 4.74 Å². The zero-order chi connectivity index (χ0) is 13.3. The second kappa shape index (κ2) is 4.56. The van der Waals surface area contributed by atoms with E-state index in [4.69, 9.17) is 4.74 Å². The van der Waals surface area contributed by atoms with Crippen molar-refractivity contribution in [3.63, 3.8) is 0 Å². The van der Waals surface area contributed by atoms with Crippen molar-refractivity contribution in [3.8, 4) is 5.75 Å². The maximum absolute atomic E-state index is 12.0. The van der Waals surface area contributed by atoms with Crippen molar-refractivity contribution in [2.75, 3.05) is 0 Å². The Morgan fingerprint density at radius 2 is 2.06 bits per heavy atom. The minimum Gasteiger partial charge on any atom is -0.426 e. The lowest BCUT2D eigenvalue weighted by Gasteiger charge is -2.21. The largest absolute Gasteiger partial charge is 0.426 e. The first-order chi connectivity index (χ1) is 8.45. The monoisotopic (exact) mass is 246 g/mol. The van der Waals surface area contributed by atoms with E-state index >= 15 is 0 Å². The molecule has 96 valence electrons. The Morgan fingerprint density at radius 1 is 1.33 bits per heavy atom. The molecule has 3 heteroatoms. The quantitative estimate of drug-likeness (QED) is 0.607. The van der Waals surface area contributed by atoms with Crippen LogP contribution in [0.2, 0.25) is 0 Å². The first-order valence-electron chi connectivity index (χ1n) is 6.33. The molecule has 0 radical (unpaired) electrons. The van der Waals surface area contributed by atoms with Crippen molar-refractivity contribution >= 4 is 11.8 Å². The van der Waals surface area contributed by atoms with E-state index < -0.39 is 5.41 Å². The van der Waals surface area contributed by atoms with Gasteiger partial charge in [0, 0.05) is 17.5 Å². The van der Waals surface area contributed by atoms with Crippen LogP contribution in [-0.4, -0.2) is 11.8 Å². The van der Waals surface area contributed by atoms with Gasteiger partial charge in [-0.15, -0.1) is 0 Å². The summed E-state index contributed by atoms with van der Waals surface area (Å²) in [5.74, 6) is 0.445. The Balaban J connectivity index is 2.27. The van der Waals surface area contributed by atoms with E-state index in [-0.39, 0.29) is 11.8 Å². The normalized spacial score (nSPS) is 14.5. The van der Waals surface area contributed by atoms with Crippen LogP contribution in [0.15, 0.2) is 18.2 Å². The summed E-state index contributed by atoms with van der Waals surface area (Å²) in [6.07, 6.45) is 1.91. The molecule has 0 bridgehead atoms. The number of fused-ring (bicyclic) bond motifs is 1. The summed E-state index contributed by atoms with van der Waals surface area (Å²) in [7, 11) is 0. The Morgan fingerprint density at radius 3 is 2.72 bits per heavy atom. The lowest BCUT2D eigenvalue weighted by Crippen LogP contribution is -2.28. The van der Waals surface area contributed by atoms with E-state index in [0.29, 0.717) is 24.2 Å². The number of hydrogen-bond acceptors (Lipinski definition) is 3. The van der Waals surface area contributed by atoms with Gasteiger partial charge in [-0.3, -0.25) is 9.59 Å². The summed E-state index contributed by atoms with van der Waals surface area (Å²) in [5.41, 5.74) is 1.09. The fraction of sp³-hybridized carbons (Fsp3) is 0.467. The molecular weight excluding hydrogens is 228 g/mol. The van der Waals surface area contributed by atoms with E-state index in [1.54, 1.807) is 18.2 Å². The first kappa shape index (κ1) is 12.8. The van der Waals surface area contributed by atoms with Crippen LogP contribution in [0.4, 0.5) is 0 Å². The molecule has 0 fully saturated rings. The number of Topliss-reactive ketones (excluding diaryl/α,β-unsaturated/α-hetero) is 1. The van der Waals surface area contributed by atoms with E-state index in [0.717, 1.165) is 12.0 Å². The molecule has 0 saturated heterocycles. The molecule has 1 aromatic rings. The van der Waals surface area contributed by atoms with Crippen molar-refractivity contribution in [1.82, 2.24) is 0 Å². The molecule has 1 aliphatic carbocycles. The summed E-state index contributed by atoms with van der Waals surface area (Å²) in [6.45, 7) is 5.69. The first-order valence-corrected chi connectivity index (χ1v) is 6.33. The van der Waals surface area contributed by atoms with Crippen LogP contribution in [0.3, 0.4) is 0 Å². The Bertz CT molecular complexity index is 500. The van der Waals surface area contributed by atoms with Crippen molar-refractivity contribution in [1.29, 1.82) is 0 Å². The molecule has 1 aromatic carbocycles. The summed E-state index contributed by atoms with van der Waals surface area (Å²) < 4.78 is 5.47. The molecule has 0 atom stereocenters. The summed E-state index contributed by atoms with van der Waals surface area (Å²) in [4.78, 5) is 23.7. The lowest BCUT2D eigenvalue weighted by molar-refractivity contribution is -0.144. The second-order valence-electron chi connectivity index (χ2n) is 5.33. The number of carbonyl (C=O) groups is 2. The second-order valence-corrected chi connectivity index (χ2v) is 5.33. The van der Waals surface area contributed by atoms with Crippen molar-refractivity contribution in [2.45, 2.75) is 40.0 Å². The molecule has 0 spiro atoms.